The smallest absolute Gasteiger partial charge is 0.268 e. The number of carbonyl (C=O) groups is 2. The molecule has 264 valence electrons. The summed E-state index contributed by atoms with van der Waals surface area (Å²) in [7, 11) is 0. The van der Waals surface area contributed by atoms with Gasteiger partial charge in [0, 0.05) is 36.3 Å². The third kappa shape index (κ3) is 6.71. The molecule has 11 nitrogen and oxygen atoms in total. The predicted octanol–water partition coefficient (Wildman–Crippen LogP) is 5.34. The van der Waals surface area contributed by atoms with Crippen molar-refractivity contribution in [2.75, 3.05) is 0 Å². The van der Waals surface area contributed by atoms with Gasteiger partial charge in [-0.1, -0.05) is 103 Å². The summed E-state index contributed by atoms with van der Waals surface area (Å²) in [4.78, 5) is 48.3. The third-order valence-corrected chi connectivity index (χ3v) is 9.28. The van der Waals surface area contributed by atoms with Gasteiger partial charge in [-0.3, -0.25) is 14.4 Å². The highest BCUT2D eigenvalue weighted by molar-refractivity contribution is 5.98. The monoisotopic (exact) mass is 705 g/mol. The number of hydrogen-bond donors (Lipinski definition) is 6. The van der Waals surface area contributed by atoms with E-state index < -0.39 is 28.8 Å². The number of amides is 2. The number of aromatic nitrogens is 3. The fourth-order valence-corrected chi connectivity index (χ4v) is 6.76. The van der Waals surface area contributed by atoms with Crippen LogP contribution in [0.15, 0.2) is 151 Å². The number of benzene rings is 5. The van der Waals surface area contributed by atoms with Crippen molar-refractivity contribution in [3.8, 4) is 17.2 Å². The number of carbonyl (C=O) groups excluding carboxylic acids is 2. The van der Waals surface area contributed by atoms with E-state index in [9.17, 15) is 29.7 Å². The highest BCUT2D eigenvalue weighted by Gasteiger charge is 2.40. The molecule has 0 bridgehead atoms. The average molecular weight is 706 g/mol. The van der Waals surface area contributed by atoms with Crippen LogP contribution in [0, 0.1) is 0 Å². The van der Waals surface area contributed by atoms with E-state index in [2.05, 4.69) is 20.6 Å². The molecule has 0 spiro atoms. The molecule has 11 heteroatoms. The molecule has 0 unspecified atom stereocenters. The minimum atomic E-state index is -1.20. The maximum atomic E-state index is 14.1. The summed E-state index contributed by atoms with van der Waals surface area (Å²) in [6.45, 7) is -0.0268. The molecule has 1 atom stereocenters. The van der Waals surface area contributed by atoms with Gasteiger partial charge in [-0.2, -0.15) is 0 Å². The third-order valence-electron chi connectivity index (χ3n) is 9.28. The van der Waals surface area contributed by atoms with Crippen LogP contribution < -0.4 is 16.1 Å². The van der Waals surface area contributed by atoms with Crippen molar-refractivity contribution in [1.29, 1.82) is 0 Å². The lowest BCUT2D eigenvalue weighted by Crippen LogP contribution is -2.49. The Morgan fingerprint density at radius 2 is 1.36 bits per heavy atom. The van der Waals surface area contributed by atoms with Crippen LogP contribution in [0.1, 0.15) is 38.4 Å². The first kappa shape index (κ1) is 34.3. The van der Waals surface area contributed by atoms with Gasteiger partial charge < -0.3 is 35.5 Å². The van der Waals surface area contributed by atoms with E-state index in [1.807, 2.05) is 95.6 Å². The fourth-order valence-electron chi connectivity index (χ4n) is 6.76. The summed E-state index contributed by atoms with van der Waals surface area (Å²) in [5, 5.41) is 36.1. The number of phenols is 3. The van der Waals surface area contributed by atoms with Crippen LogP contribution >= 0.6 is 0 Å². The van der Waals surface area contributed by atoms with Crippen LogP contribution in [0.25, 0.3) is 10.9 Å². The number of rotatable bonds is 11. The van der Waals surface area contributed by atoms with E-state index in [-0.39, 0.29) is 46.8 Å². The molecule has 2 aromatic heterocycles. The standard InChI is InChI=1S/C42H35N5O6/c48-35-20-19-27(21-38(35)51)24-44-40(52)33(46-41(53)34-23-37(50)32-17-10-18-36(49)39(32)45-34)22-31-25-43-26-47(31)42(28-11-4-1-5-12-28,29-13-6-2-7-14-29)30-15-8-3-9-16-30/h1-21,23,25-26,33,48-49,51H,22,24H2,(H,44,52)(H,45,50)(H,46,53)/t33-/m0/s1. The Morgan fingerprint density at radius 1 is 0.736 bits per heavy atom. The fraction of sp³-hybridized carbons (Fsp3) is 0.0952. The van der Waals surface area contributed by atoms with Gasteiger partial charge in [0.15, 0.2) is 16.9 Å². The number of nitrogens with zero attached hydrogens (tertiary/aromatic N) is 2. The number of nitrogens with one attached hydrogen (secondary N) is 3. The molecular formula is C42H35N5O6. The Balaban J connectivity index is 1.32. The lowest BCUT2D eigenvalue weighted by molar-refractivity contribution is -0.123. The predicted molar refractivity (Wildman–Crippen MR) is 200 cm³/mol. The van der Waals surface area contributed by atoms with Crippen LogP contribution in [0.2, 0.25) is 0 Å². The Kier molecular flexibility index (Phi) is 9.46. The summed E-state index contributed by atoms with van der Waals surface area (Å²) in [5.74, 6) is -2.15. The van der Waals surface area contributed by atoms with Crippen molar-refractivity contribution in [3.05, 3.63) is 190 Å². The highest BCUT2D eigenvalue weighted by Crippen LogP contribution is 2.41. The minimum Gasteiger partial charge on any atom is -0.506 e. The van der Waals surface area contributed by atoms with Crippen LogP contribution in [0.5, 0.6) is 17.2 Å². The number of aromatic amines is 1. The Labute approximate surface area is 303 Å². The van der Waals surface area contributed by atoms with Crippen LogP contribution in [0.3, 0.4) is 0 Å². The minimum absolute atomic E-state index is 0.0268. The molecule has 0 aliphatic carbocycles. The number of aromatic hydroxyl groups is 3. The second-order valence-electron chi connectivity index (χ2n) is 12.6. The van der Waals surface area contributed by atoms with Gasteiger partial charge in [0.1, 0.15) is 23.0 Å². The molecule has 7 rings (SSSR count). The number of para-hydroxylation sites is 1. The summed E-state index contributed by atoms with van der Waals surface area (Å²) in [6.07, 6.45) is 3.33. The van der Waals surface area contributed by atoms with Gasteiger partial charge in [-0.25, -0.2) is 4.98 Å². The van der Waals surface area contributed by atoms with E-state index in [4.69, 9.17) is 0 Å². The molecule has 0 radical (unpaired) electrons. The Bertz CT molecular complexity index is 2370. The molecule has 0 saturated heterocycles. The SMILES string of the molecule is O=C(N[C@@H](Cc1cncn1C(c1ccccc1)(c1ccccc1)c1ccccc1)C(=O)NCc1ccc(O)c(O)c1)c1cc(=O)c2cccc(O)c2[nH]1. The van der Waals surface area contributed by atoms with Crippen molar-refractivity contribution in [3.63, 3.8) is 0 Å². The van der Waals surface area contributed by atoms with Crippen LogP contribution in [0.4, 0.5) is 0 Å². The first-order valence-corrected chi connectivity index (χ1v) is 16.9. The van der Waals surface area contributed by atoms with E-state index >= 15 is 0 Å². The van der Waals surface area contributed by atoms with Crippen LogP contribution in [-0.4, -0.2) is 47.7 Å². The van der Waals surface area contributed by atoms with Gasteiger partial charge >= 0.3 is 0 Å². The summed E-state index contributed by atoms with van der Waals surface area (Å²) >= 11 is 0. The number of hydrogen-bond acceptors (Lipinski definition) is 7. The summed E-state index contributed by atoms with van der Waals surface area (Å²) in [6, 6.07) is 38.4. The number of fused-ring (bicyclic) bond motifs is 1. The van der Waals surface area contributed by atoms with Gasteiger partial charge in [-0.05, 0) is 46.5 Å². The molecule has 6 N–H and O–H groups in total. The second-order valence-corrected chi connectivity index (χ2v) is 12.6. The normalized spacial score (nSPS) is 11.9. The molecule has 0 aliphatic rings. The number of phenolic OH excluding ortho intramolecular Hbond substituents is 3. The summed E-state index contributed by atoms with van der Waals surface area (Å²) < 4.78 is 2.01. The molecule has 2 heterocycles. The molecule has 0 fully saturated rings. The molecule has 0 aliphatic heterocycles. The zero-order valence-corrected chi connectivity index (χ0v) is 28.3. The van der Waals surface area contributed by atoms with Gasteiger partial charge in [-0.15, -0.1) is 0 Å². The zero-order chi connectivity index (χ0) is 37.0. The lowest BCUT2D eigenvalue weighted by Gasteiger charge is -2.39. The molecular weight excluding hydrogens is 670 g/mol. The maximum absolute atomic E-state index is 14.1. The highest BCUT2D eigenvalue weighted by atomic mass is 16.3. The molecule has 53 heavy (non-hydrogen) atoms. The van der Waals surface area contributed by atoms with Gasteiger partial charge in [0.05, 0.1) is 11.8 Å². The van der Waals surface area contributed by atoms with Crippen molar-refractivity contribution >= 4 is 22.7 Å². The largest absolute Gasteiger partial charge is 0.506 e. The molecule has 0 saturated carbocycles. The first-order valence-electron chi connectivity index (χ1n) is 16.9. The molecule has 2 amide bonds. The maximum Gasteiger partial charge on any atom is 0.268 e. The topological polar surface area (TPSA) is 170 Å². The van der Waals surface area contributed by atoms with Crippen molar-refractivity contribution in [2.24, 2.45) is 0 Å². The number of pyridine rings is 1. The quantitative estimate of drug-likeness (QED) is 0.0780. The van der Waals surface area contributed by atoms with Crippen molar-refractivity contribution < 1.29 is 24.9 Å². The average Bonchev–Trinajstić information content (AvgIpc) is 3.65. The number of imidazole rings is 1. The second kappa shape index (κ2) is 14.6. The van der Waals surface area contributed by atoms with Crippen LogP contribution in [-0.2, 0) is 23.3 Å². The van der Waals surface area contributed by atoms with E-state index in [0.717, 1.165) is 22.8 Å². The van der Waals surface area contributed by atoms with E-state index in [1.54, 1.807) is 18.6 Å². The van der Waals surface area contributed by atoms with E-state index in [0.29, 0.717) is 11.3 Å². The number of H-pyrrole nitrogens is 1. The molecule has 5 aromatic carbocycles. The summed E-state index contributed by atoms with van der Waals surface area (Å²) in [5.41, 5.74) is 2.42. The van der Waals surface area contributed by atoms with Gasteiger partial charge in [0.2, 0.25) is 5.91 Å². The van der Waals surface area contributed by atoms with Crippen molar-refractivity contribution in [2.45, 2.75) is 24.5 Å². The molecule has 7 aromatic rings. The van der Waals surface area contributed by atoms with Gasteiger partial charge in [0.25, 0.3) is 5.91 Å². The van der Waals surface area contributed by atoms with Crippen molar-refractivity contribution in [1.82, 2.24) is 25.2 Å². The Morgan fingerprint density at radius 3 is 1.96 bits per heavy atom. The van der Waals surface area contributed by atoms with E-state index in [1.165, 1.54) is 30.3 Å². The Hall–Kier alpha value is -7.14. The lowest BCUT2D eigenvalue weighted by atomic mass is 9.76. The zero-order valence-electron chi connectivity index (χ0n) is 28.3. The first-order chi connectivity index (χ1) is 25.8.